The SMILES string of the molecule is Cc1cc(/C=C/CO)c2ccccc2n1. The summed E-state index contributed by atoms with van der Waals surface area (Å²) in [6.07, 6.45) is 3.66. The molecule has 1 heterocycles. The minimum atomic E-state index is 0.0652. The van der Waals surface area contributed by atoms with Crippen molar-refractivity contribution in [3.8, 4) is 0 Å². The van der Waals surface area contributed by atoms with Gasteiger partial charge in [0.1, 0.15) is 0 Å². The van der Waals surface area contributed by atoms with Crippen LogP contribution < -0.4 is 0 Å². The van der Waals surface area contributed by atoms with Gasteiger partial charge in [-0.3, -0.25) is 4.98 Å². The fourth-order valence-electron chi connectivity index (χ4n) is 1.66. The Bertz CT molecular complexity index is 503. The number of hydrogen-bond donors (Lipinski definition) is 1. The first-order valence-electron chi connectivity index (χ1n) is 4.95. The van der Waals surface area contributed by atoms with Gasteiger partial charge in [-0.05, 0) is 24.6 Å². The standard InChI is InChI=1S/C13H13NO/c1-10-9-11(5-4-8-15)12-6-2-3-7-13(12)14-10/h2-7,9,15H,8H2,1H3/b5-4+. The molecule has 1 aromatic carbocycles. The molecule has 2 aromatic rings. The topological polar surface area (TPSA) is 33.1 Å². The zero-order valence-electron chi connectivity index (χ0n) is 8.64. The van der Waals surface area contributed by atoms with E-state index in [9.17, 15) is 0 Å². The number of para-hydroxylation sites is 1. The molecule has 2 nitrogen and oxygen atoms in total. The summed E-state index contributed by atoms with van der Waals surface area (Å²) >= 11 is 0. The monoisotopic (exact) mass is 199 g/mol. The average molecular weight is 199 g/mol. The van der Waals surface area contributed by atoms with Crippen LogP contribution in [0.4, 0.5) is 0 Å². The second-order valence-electron chi connectivity index (χ2n) is 3.45. The van der Waals surface area contributed by atoms with E-state index in [1.165, 1.54) is 0 Å². The van der Waals surface area contributed by atoms with E-state index in [-0.39, 0.29) is 6.61 Å². The van der Waals surface area contributed by atoms with Crippen molar-refractivity contribution in [1.82, 2.24) is 4.98 Å². The lowest BCUT2D eigenvalue weighted by Gasteiger charge is -2.03. The molecule has 0 saturated heterocycles. The zero-order valence-corrected chi connectivity index (χ0v) is 8.64. The summed E-state index contributed by atoms with van der Waals surface area (Å²) in [7, 11) is 0. The molecule has 0 amide bonds. The van der Waals surface area contributed by atoms with E-state index in [1.54, 1.807) is 6.08 Å². The number of fused-ring (bicyclic) bond motifs is 1. The summed E-state index contributed by atoms with van der Waals surface area (Å²) in [4.78, 5) is 4.45. The maximum Gasteiger partial charge on any atom is 0.0711 e. The van der Waals surface area contributed by atoms with E-state index in [0.717, 1.165) is 22.2 Å². The van der Waals surface area contributed by atoms with Gasteiger partial charge in [-0.15, -0.1) is 0 Å². The van der Waals surface area contributed by atoms with E-state index in [4.69, 9.17) is 5.11 Å². The molecule has 76 valence electrons. The number of nitrogens with zero attached hydrogens (tertiary/aromatic N) is 1. The summed E-state index contributed by atoms with van der Waals surface area (Å²) in [5.74, 6) is 0. The first-order valence-corrected chi connectivity index (χ1v) is 4.95. The van der Waals surface area contributed by atoms with Crippen LogP contribution in [-0.2, 0) is 0 Å². The number of aliphatic hydroxyl groups excluding tert-OH is 1. The highest BCUT2D eigenvalue weighted by atomic mass is 16.2. The van der Waals surface area contributed by atoms with Gasteiger partial charge in [0.25, 0.3) is 0 Å². The molecule has 0 aliphatic rings. The molecule has 0 aliphatic heterocycles. The molecule has 2 rings (SSSR count). The maximum absolute atomic E-state index is 8.77. The minimum Gasteiger partial charge on any atom is -0.392 e. The molecule has 0 fully saturated rings. The van der Waals surface area contributed by atoms with Crippen LogP contribution in [-0.4, -0.2) is 16.7 Å². The lowest BCUT2D eigenvalue weighted by molar-refractivity contribution is 0.343. The van der Waals surface area contributed by atoms with Crippen LogP contribution in [0.1, 0.15) is 11.3 Å². The van der Waals surface area contributed by atoms with Crippen molar-refractivity contribution in [3.63, 3.8) is 0 Å². The van der Waals surface area contributed by atoms with Crippen molar-refractivity contribution in [1.29, 1.82) is 0 Å². The van der Waals surface area contributed by atoms with Crippen molar-refractivity contribution in [3.05, 3.63) is 47.7 Å². The molecule has 0 spiro atoms. The first kappa shape index (κ1) is 9.87. The number of benzene rings is 1. The Morgan fingerprint density at radius 1 is 1.33 bits per heavy atom. The smallest absolute Gasteiger partial charge is 0.0711 e. The summed E-state index contributed by atoms with van der Waals surface area (Å²) in [5.41, 5.74) is 3.09. The highest BCUT2D eigenvalue weighted by molar-refractivity contribution is 5.87. The number of aromatic nitrogens is 1. The van der Waals surface area contributed by atoms with Gasteiger partial charge in [0.05, 0.1) is 12.1 Å². The molecule has 15 heavy (non-hydrogen) atoms. The number of hydrogen-bond acceptors (Lipinski definition) is 2. The third-order valence-corrected chi connectivity index (χ3v) is 2.28. The Balaban J connectivity index is 2.65. The van der Waals surface area contributed by atoms with E-state index in [2.05, 4.69) is 4.98 Å². The second kappa shape index (κ2) is 4.24. The molecular weight excluding hydrogens is 186 g/mol. The average Bonchev–Trinajstić information content (AvgIpc) is 2.25. The molecule has 1 N–H and O–H groups in total. The van der Waals surface area contributed by atoms with Crippen LogP contribution in [0.25, 0.3) is 17.0 Å². The van der Waals surface area contributed by atoms with Gasteiger partial charge in [0, 0.05) is 11.1 Å². The van der Waals surface area contributed by atoms with Gasteiger partial charge < -0.3 is 5.11 Å². The van der Waals surface area contributed by atoms with Crippen molar-refractivity contribution in [2.45, 2.75) is 6.92 Å². The Kier molecular flexibility index (Phi) is 2.79. The summed E-state index contributed by atoms with van der Waals surface area (Å²) < 4.78 is 0. The lowest BCUT2D eigenvalue weighted by Crippen LogP contribution is -1.87. The normalized spacial score (nSPS) is 11.3. The molecule has 1 aromatic heterocycles. The second-order valence-corrected chi connectivity index (χ2v) is 3.45. The van der Waals surface area contributed by atoms with Crippen LogP contribution in [0, 0.1) is 6.92 Å². The van der Waals surface area contributed by atoms with Crippen molar-refractivity contribution in [2.24, 2.45) is 0 Å². The lowest BCUT2D eigenvalue weighted by atomic mass is 10.1. The van der Waals surface area contributed by atoms with Crippen LogP contribution in [0.5, 0.6) is 0 Å². The Morgan fingerprint density at radius 3 is 2.93 bits per heavy atom. The Labute approximate surface area is 88.9 Å². The van der Waals surface area contributed by atoms with Gasteiger partial charge in [-0.25, -0.2) is 0 Å². The largest absolute Gasteiger partial charge is 0.392 e. The van der Waals surface area contributed by atoms with Crippen molar-refractivity contribution >= 4 is 17.0 Å². The number of rotatable bonds is 2. The van der Waals surface area contributed by atoms with E-state index >= 15 is 0 Å². The molecule has 0 aliphatic carbocycles. The van der Waals surface area contributed by atoms with Gasteiger partial charge in [0.15, 0.2) is 0 Å². The van der Waals surface area contributed by atoms with E-state index in [0.29, 0.717) is 0 Å². The molecular formula is C13H13NO. The number of aryl methyl sites for hydroxylation is 1. The maximum atomic E-state index is 8.77. The van der Waals surface area contributed by atoms with E-state index in [1.807, 2.05) is 43.3 Å². The Hall–Kier alpha value is -1.67. The van der Waals surface area contributed by atoms with Crippen molar-refractivity contribution in [2.75, 3.05) is 6.61 Å². The van der Waals surface area contributed by atoms with Gasteiger partial charge >= 0.3 is 0 Å². The molecule has 0 saturated carbocycles. The fraction of sp³-hybridized carbons (Fsp3) is 0.154. The molecule has 2 heteroatoms. The van der Waals surface area contributed by atoms with E-state index < -0.39 is 0 Å². The molecule has 0 atom stereocenters. The third-order valence-electron chi connectivity index (χ3n) is 2.28. The van der Waals surface area contributed by atoms with Gasteiger partial charge in [-0.2, -0.15) is 0 Å². The predicted molar refractivity (Wildman–Crippen MR) is 62.6 cm³/mol. The van der Waals surface area contributed by atoms with Crippen LogP contribution >= 0.6 is 0 Å². The highest BCUT2D eigenvalue weighted by Gasteiger charge is 1.99. The Morgan fingerprint density at radius 2 is 2.13 bits per heavy atom. The van der Waals surface area contributed by atoms with Crippen molar-refractivity contribution < 1.29 is 5.11 Å². The summed E-state index contributed by atoms with van der Waals surface area (Å²) in [5, 5.41) is 9.88. The van der Waals surface area contributed by atoms with Gasteiger partial charge in [-0.1, -0.05) is 30.4 Å². The quantitative estimate of drug-likeness (QED) is 0.806. The van der Waals surface area contributed by atoms with Crippen LogP contribution in [0.15, 0.2) is 36.4 Å². The minimum absolute atomic E-state index is 0.0652. The number of pyridine rings is 1. The predicted octanol–water partition coefficient (Wildman–Crippen LogP) is 2.55. The molecule has 0 bridgehead atoms. The van der Waals surface area contributed by atoms with Crippen LogP contribution in [0.2, 0.25) is 0 Å². The summed E-state index contributed by atoms with van der Waals surface area (Å²) in [6.45, 7) is 2.04. The highest BCUT2D eigenvalue weighted by Crippen LogP contribution is 2.19. The van der Waals surface area contributed by atoms with Gasteiger partial charge in [0.2, 0.25) is 0 Å². The first-order chi connectivity index (χ1) is 7.31. The number of aliphatic hydroxyl groups is 1. The zero-order chi connectivity index (χ0) is 10.7. The third kappa shape index (κ3) is 2.05. The van der Waals surface area contributed by atoms with Crippen LogP contribution in [0.3, 0.4) is 0 Å². The summed E-state index contributed by atoms with van der Waals surface area (Å²) in [6, 6.07) is 10.0. The fourth-order valence-corrected chi connectivity index (χ4v) is 1.66. The molecule has 0 radical (unpaired) electrons. The molecule has 0 unspecified atom stereocenters.